The first-order valence-electron chi connectivity index (χ1n) is 12.1. The van der Waals surface area contributed by atoms with Crippen LogP contribution in [0.25, 0.3) is 11.4 Å². The number of halogens is 2. The topological polar surface area (TPSA) is 95.1 Å². The van der Waals surface area contributed by atoms with Crippen LogP contribution in [0.1, 0.15) is 52.5 Å². The Labute approximate surface area is 226 Å². The standard InChI is InChI=1S/C25H28Br2N6O3/c1-4-36-25(35)18-11-28-31(3)23(18)21-12-32(30-29-21)13-22-16(15-5-6-15)7-8-33(22)24(34)17-10-19(26)14(2)9-20(17)27/h9-12,15-16,22H,4-8,13H2,1-3H3. The molecule has 2 unspecified atom stereocenters. The molecule has 1 saturated carbocycles. The van der Waals surface area contributed by atoms with E-state index < -0.39 is 5.97 Å². The van der Waals surface area contributed by atoms with Crippen molar-refractivity contribution < 1.29 is 14.3 Å². The smallest absolute Gasteiger partial charge is 0.342 e. The maximum atomic E-state index is 13.7. The van der Waals surface area contributed by atoms with Gasteiger partial charge in [0, 0.05) is 22.5 Å². The van der Waals surface area contributed by atoms with Gasteiger partial charge in [0.15, 0.2) is 0 Å². The number of ether oxygens (including phenoxy) is 1. The number of aryl methyl sites for hydroxylation is 2. The van der Waals surface area contributed by atoms with Crippen LogP contribution in [0.15, 0.2) is 33.5 Å². The monoisotopic (exact) mass is 618 g/mol. The molecule has 190 valence electrons. The molecule has 1 saturated heterocycles. The lowest BCUT2D eigenvalue weighted by Gasteiger charge is -2.29. The van der Waals surface area contributed by atoms with Crippen molar-refractivity contribution in [3.8, 4) is 11.4 Å². The summed E-state index contributed by atoms with van der Waals surface area (Å²) in [6.07, 6.45) is 6.72. The van der Waals surface area contributed by atoms with Gasteiger partial charge in [-0.25, -0.2) is 9.48 Å². The number of hydrogen-bond donors (Lipinski definition) is 0. The lowest BCUT2D eigenvalue weighted by Crippen LogP contribution is -2.41. The second-order valence-electron chi connectivity index (χ2n) is 9.51. The SMILES string of the molecule is CCOC(=O)c1cnn(C)c1-c1cn(CC2C(C3CC3)CCN2C(=O)c2cc(Br)c(C)cc2Br)nn1. The predicted octanol–water partition coefficient (Wildman–Crippen LogP) is 4.63. The number of aromatic nitrogens is 5. The van der Waals surface area contributed by atoms with Gasteiger partial charge in [-0.15, -0.1) is 5.10 Å². The zero-order chi connectivity index (χ0) is 25.6. The summed E-state index contributed by atoms with van der Waals surface area (Å²) in [4.78, 5) is 28.1. The molecule has 2 aliphatic rings. The molecule has 1 aromatic carbocycles. The quantitative estimate of drug-likeness (QED) is 0.358. The maximum absolute atomic E-state index is 13.7. The van der Waals surface area contributed by atoms with E-state index in [1.807, 2.05) is 30.2 Å². The number of esters is 1. The van der Waals surface area contributed by atoms with Gasteiger partial charge in [-0.2, -0.15) is 5.10 Å². The summed E-state index contributed by atoms with van der Waals surface area (Å²) in [7, 11) is 1.76. The first-order chi connectivity index (χ1) is 17.3. The van der Waals surface area contributed by atoms with Crippen molar-refractivity contribution in [2.75, 3.05) is 13.2 Å². The molecular formula is C25H28Br2N6O3. The highest BCUT2D eigenvalue weighted by molar-refractivity contribution is 9.11. The number of benzene rings is 1. The van der Waals surface area contributed by atoms with E-state index in [4.69, 9.17) is 4.74 Å². The average molecular weight is 620 g/mol. The van der Waals surface area contributed by atoms with Gasteiger partial charge in [-0.3, -0.25) is 9.48 Å². The van der Waals surface area contributed by atoms with Gasteiger partial charge in [-0.05, 0) is 78.6 Å². The summed E-state index contributed by atoms with van der Waals surface area (Å²) in [5.41, 5.74) is 3.19. The first kappa shape index (κ1) is 25.1. The second kappa shape index (κ2) is 10.1. The third kappa shape index (κ3) is 4.74. The van der Waals surface area contributed by atoms with E-state index >= 15 is 0 Å². The summed E-state index contributed by atoms with van der Waals surface area (Å²) < 4.78 is 10.3. The molecular weight excluding hydrogens is 592 g/mol. The molecule has 2 fully saturated rings. The highest BCUT2D eigenvalue weighted by Gasteiger charge is 2.45. The summed E-state index contributed by atoms with van der Waals surface area (Å²) in [6.45, 7) is 5.31. The summed E-state index contributed by atoms with van der Waals surface area (Å²) in [5, 5.41) is 12.9. The van der Waals surface area contributed by atoms with Crippen LogP contribution in [0.3, 0.4) is 0 Å². The van der Waals surface area contributed by atoms with E-state index in [-0.39, 0.29) is 18.6 Å². The Morgan fingerprint density at radius 2 is 1.92 bits per heavy atom. The predicted molar refractivity (Wildman–Crippen MR) is 140 cm³/mol. The Bertz CT molecular complexity index is 1320. The van der Waals surface area contributed by atoms with Crippen LogP contribution in [0.2, 0.25) is 0 Å². The van der Waals surface area contributed by atoms with Gasteiger partial charge in [0.05, 0.1) is 37.2 Å². The lowest BCUT2D eigenvalue weighted by molar-refractivity contribution is 0.0526. The van der Waals surface area contributed by atoms with E-state index in [0.717, 1.165) is 27.5 Å². The molecule has 36 heavy (non-hydrogen) atoms. The third-order valence-electron chi connectivity index (χ3n) is 7.15. The zero-order valence-corrected chi connectivity index (χ0v) is 23.6. The normalized spacial score (nSPS) is 19.6. The van der Waals surface area contributed by atoms with Crippen LogP contribution in [0.4, 0.5) is 0 Å². The number of carbonyl (C=O) groups excluding carboxylic acids is 2. The first-order valence-corrected chi connectivity index (χ1v) is 13.7. The number of rotatable bonds is 7. The van der Waals surface area contributed by atoms with Crippen LogP contribution in [0, 0.1) is 18.8 Å². The minimum Gasteiger partial charge on any atom is -0.462 e. The Kier molecular flexibility index (Phi) is 7.04. The molecule has 11 heteroatoms. The molecule has 9 nitrogen and oxygen atoms in total. The molecule has 1 amide bonds. The highest BCUT2D eigenvalue weighted by Crippen LogP contribution is 2.45. The fourth-order valence-electron chi connectivity index (χ4n) is 5.19. The van der Waals surface area contributed by atoms with Crippen LogP contribution in [0.5, 0.6) is 0 Å². The molecule has 2 atom stereocenters. The van der Waals surface area contributed by atoms with Crippen molar-refractivity contribution in [3.05, 3.63) is 50.2 Å². The van der Waals surface area contributed by atoms with Crippen molar-refractivity contribution in [1.29, 1.82) is 0 Å². The van der Waals surface area contributed by atoms with E-state index in [1.165, 1.54) is 19.0 Å². The zero-order valence-electron chi connectivity index (χ0n) is 20.4. The largest absolute Gasteiger partial charge is 0.462 e. The van der Waals surface area contributed by atoms with Gasteiger partial charge in [-0.1, -0.05) is 21.1 Å². The molecule has 0 N–H and O–H groups in total. The number of hydrogen-bond acceptors (Lipinski definition) is 6. The average Bonchev–Trinajstić information content (AvgIpc) is 3.24. The Balaban J connectivity index is 1.42. The molecule has 1 aliphatic carbocycles. The molecule has 5 rings (SSSR count). The van der Waals surface area contributed by atoms with Crippen LogP contribution in [-0.4, -0.2) is 60.7 Å². The van der Waals surface area contributed by atoms with E-state index in [1.54, 1.807) is 23.3 Å². The number of amides is 1. The minimum atomic E-state index is -0.439. The molecule has 2 aromatic heterocycles. The van der Waals surface area contributed by atoms with E-state index in [0.29, 0.717) is 40.9 Å². The summed E-state index contributed by atoms with van der Waals surface area (Å²) in [5.74, 6) is 0.663. The van der Waals surface area contributed by atoms with Crippen molar-refractivity contribution in [2.45, 2.75) is 45.7 Å². The highest BCUT2D eigenvalue weighted by atomic mass is 79.9. The van der Waals surface area contributed by atoms with Crippen molar-refractivity contribution >= 4 is 43.7 Å². The Morgan fingerprint density at radius 1 is 1.14 bits per heavy atom. The summed E-state index contributed by atoms with van der Waals surface area (Å²) >= 11 is 7.16. The van der Waals surface area contributed by atoms with E-state index in [2.05, 4.69) is 47.3 Å². The van der Waals surface area contributed by atoms with Crippen molar-refractivity contribution in [3.63, 3.8) is 0 Å². The Morgan fingerprint density at radius 3 is 2.64 bits per heavy atom. The lowest BCUT2D eigenvalue weighted by atomic mass is 9.94. The van der Waals surface area contributed by atoms with Gasteiger partial charge >= 0.3 is 5.97 Å². The molecule has 0 radical (unpaired) electrons. The third-order valence-corrected chi connectivity index (χ3v) is 8.66. The van der Waals surface area contributed by atoms with Crippen LogP contribution < -0.4 is 0 Å². The molecule has 0 spiro atoms. The maximum Gasteiger partial charge on any atom is 0.342 e. The minimum absolute atomic E-state index is 0.0163. The number of likely N-dealkylation sites (tertiary alicyclic amines) is 1. The summed E-state index contributed by atoms with van der Waals surface area (Å²) in [6, 6.07) is 3.89. The van der Waals surface area contributed by atoms with Crippen molar-refractivity contribution in [2.24, 2.45) is 18.9 Å². The molecule has 0 bridgehead atoms. The van der Waals surface area contributed by atoms with E-state index in [9.17, 15) is 9.59 Å². The van der Waals surface area contributed by atoms with Gasteiger partial charge in [0.25, 0.3) is 5.91 Å². The molecule has 3 heterocycles. The fourth-order valence-corrected chi connectivity index (χ4v) is 6.16. The van der Waals surface area contributed by atoms with Crippen molar-refractivity contribution in [1.82, 2.24) is 29.7 Å². The molecule has 1 aliphatic heterocycles. The number of nitrogens with zero attached hydrogens (tertiary/aromatic N) is 6. The fraction of sp³-hybridized carbons (Fsp3) is 0.480. The van der Waals surface area contributed by atoms with Gasteiger partial charge in [0.2, 0.25) is 0 Å². The second-order valence-corrected chi connectivity index (χ2v) is 11.2. The van der Waals surface area contributed by atoms with Crippen LogP contribution in [-0.2, 0) is 18.3 Å². The molecule has 3 aromatic rings. The van der Waals surface area contributed by atoms with Gasteiger partial charge in [0.1, 0.15) is 17.0 Å². The Hall–Kier alpha value is -2.53. The van der Waals surface area contributed by atoms with Gasteiger partial charge < -0.3 is 9.64 Å². The number of carbonyl (C=O) groups is 2. The van der Waals surface area contributed by atoms with Crippen LogP contribution >= 0.6 is 31.9 Å².